The van der Waals surface area contributed by atoms with Crippen molar-refractivity contribution in [2.45, 2.75) is 46.2 Å². The van der Waals surface area contributed by atoms with Crippen LogP contribution in [0.1, 0.15) is 43.9 Å². The van der Waals surface area contributed by atoms with Crippen molar-refractivity contribution >= 4 is 11.7 Å². The van der Waals surface area contributed by atoms with Gasteiger partial charge in [-0.3, -0.25) is 9.48 Å². The van der Waals surface area contributed by atoms with E-state index in [9.17, 15) is 4.79 Å². The van der Waals surface area contributed by atoms with E-state index >= 15 is 0 Å². The van der Waals surface area contributed by atoms with Crippen LogP contribution in [-0.4, -0.2) is 32.3 Å². The summed E-state index contributed by atoms with van der Waals surface area (Å²) in [5.41, 5.74) is 5.94. The molecule has 1 aromatic heterocycles. The largest absolute Gasteiger partial charge is 0.409 e. The second kappa shape index (κ2) is 5.73. The SMILES string of the molecule is CCc1cc(C(=O)NC(C)(C)C(N)=NO)n(CC)n1. The molecule has 0 aliphatic heterocycles. The van der Waals surface area contributed by atoms with Crippen molar-refractivity contribution in [3.8, 4) is 0 Å². The van der Waals surface area contributed by atoms with Crippen LogP contribution in [0.2, 0.25) is 0 Å². The molecule has 1 heterocycles. The number of nitrogens with zero attached hydrogens (tertiary/aromatic N) is 3. The molecular weight excluding hydrogens is 246 g/mol. The Labute approximate surface area is 112 Å². The predicted molar refractivity (Wildman–Crippen MR) is 72.2 cm³/mol. The fourth-order valence-corrected chi connectivity index (χ4v) is 1.60. The van der Waals surface area contributed by atoms with Gasteiger partial charge in [-0.15, -0.1) is 0 Å². The molecular formula is C12H21N5O2. The van der Waals surface area contributed by atoms with Gasteiger partial charge in [0, 0.05) is 6.54 Å². The van der Waals surface area contributed by atoms with Gasteiger partial charge in [-0.1, -0.05) is 12.1 Å². The average Bonchev–Trinajstić information content (AvgIpc) is 2.80. The lowest BCUT2D eigenvalue weighted by Crippen LogP contribution is -2.53. The molecule has 7 heteroatoms. The van der Waals surface area contributed by atoms with Crippen molar-refractivity contribution in [2.24, 2.45) is 10.9 Å². The zero-order chi connectivity index (χ0) is 14.6. The van der Waals surface area contributed by atoms with Crippen LogP contribution in [0.25, 0.3) is 0 Å². The van der Waals surface area contributed by atoms with Crippen molar-refractivity contribution < 1.29 is 10.0 Å². The zero-order valence-corrected chi connectivity index (χ0v) is 11.8. The molecule has 0 saturated carbocycles. The highest BCUT2D eigenvalue weighted by molar-refractivity contribution is 5.99. The molecule has 1 amide bonds. The van der Waals surface area contributed by atoms with Crippen LogP contribution in [0.3, 0.4) is 0 Å². The van der Waals surface area contributed by atoms with Gasteiger partial charge in [-0.2, -0.15) is 5.10 Å². The number of carbonyl (C=O) groups is 1. The Hall–Kier alpha value is -2.05. The topological polar surface area (TPSA) is 106 Å². The van der Waals surface area contributed by atoms with E-state index in [1.54, 1.807) is 24.6 Å². The first kappa shape index (κ1) is 15.0. The summed E-state index contributed by atoms with van der Waals surface area (Å²) in [4.78, 5) is 12.2. The first-order chi connectivity index (χ1) is 8.85. The molecule has 0 fully saturated rings. The lowest BCUT2D eigenvalue weighted by Gasteiger charge is -2.24. The summed E-state index contributed by atoms with van der Waals surface area (Å²) in [6.07, 6.45) is 0.761. The van der Waals surface area contributed by atoms with Crippen LogP contribution in [0.15, 0.2) is 11.2 Å². The molecule has 4 N–H and O–H groups in total. The number of nitrogens with two attached hydrogens (primary N) is 1. The third-order valence-electron chi connectivity index (χ3n) is 2.90. The average molecular weight is 267 g/mol. The second-order valence-corrected chi connectivity index (χ2v) is 4.75. The summed E-state index contributed by atoms with van der Waals surface area (Å²) in [5.74, 6) is -0.357. The molecule has 0 atom stereocenters. The summed E-state index contributed by atoms with van der Waals surface area (Å²) in [5, 5.41) is 18.6. The highest BCUT2D eigenvalue weighted by Gasteiger charge is 2.27. The summed E-state index contributed by atoms with van der Waals surface area (Å²) < 4.78 is 1.64. The van der Waals surface area contributed by atoms with Crippen molar-refractivity contribution in [3.05, 3.63) is 17.5 Å². The lowest BCUT2D eigenvalue weighted by molar-refractivity contribution is 0.0920. The molecule has 0 radical (unpaired) electrons. The highest BCUT2D eigenvalue weighted by atomic mass is 16.4. The van der Waals surface area contributed by atoms with Crippen LogP contribution in [-0.2, 0) is 13.0 Å². The Balaban J connectivity index is 2.98. The molecule has 7 nitrogen and oxygen atoms in total. The van der Waals surface area contributed by atoms with Crippen LogP contribution in [0.5, 0.6) is 0 Å². The Kier molecular flexibility index (Phi) is 4.52. The number of hydrogen-bond acceptors (Lipinski definition) is 4. The van der Waals surface area contributed by atoms with E-state index in [4.69, 9.17) is 10.9 Å². The van der Waals surface area contributed by atoms with Crippen molar-refractivity contribution in [2.75, 3.05) is 0 Å². The molecule has 106 valence electrons. The predicted octanol–water partition coefficient (Wildman–Crippen LogP) is 0.720. The van der Waals surface area contributed by atoms with Crippen LogP contribution in [0.4, 0.5) is 0 Å². The van der Waals surface area contributed by atoms with Gasteiger partial charge in [-0.05, 0) is 33.3 Å². The molecule has 0 aliphatic rings. The molecule has 1 aromatic rings. The highest BCUT2D eigenvalue weighted by Crippen LogP contribution is 2.09. The number of rotatable bonds is 5. The standard InChI is InChI=1S/C12H21N5O2/c1-5-8-7-9(17(6-2)15-8)10(18)14-12(3,4)11(13)16-19/h7,19H,5-6H2,1-4H3,(H2,13,16)(H,14,18). The normalized spacial score (nSPS) is 12.5. The molecule has 0 aliphatic carbocycles. The Morgan fingerprint density at radius 1 is 1.58 bits per heavy atom. The number of amidine groups is 1. The van der Waals surface area contributed by atoms with Crippen LogP contribution in [0, 0.1) is 0 Å². The first-order valence-electron chi connectivity index (χ1n) is 6.22. The Morgan fingerprint density at radius 3 is 2.68 bits per heavy atom. The third-order valence-corrected chi connectivity index (χ3v) is 2.90. The van der Waals surface area contributed by atoms with E-state index in [1.165, 1.54) is 0 Å². The second-order valence-electron chi connectivity index (χ2n) is 4.75. The number of hydrogen-bond donors (Lipinski definition) is 3. The zero-order valence-electron chi connectivity index (χ0n) is 11.8. The fourth-order valence-electron chi connectivity index (χ4n) is 1.60. The number of aryl methyl sites for hydroxylation is 2. The van der Waals surface area contributed by atoms with Crippen LogP contribution >= 0.6 is 0 Å². The number of amides is 1. The Bertz CT molecular complexity index is 490. The van der Waals surface area contributed by atoms with Gasteiger partial charge in [0.1, 0.15) is 5.69 Å². The van der Waals surface area contributed by atoms with E-state index in [-0.39, 0.29) is 11.7 Å². The first-order valence-corrected chi connectivity index (χ1v) is 6.22. The van der Waals surface area contributed by atoms with Crippen molar-refractivity contribution in [3.63, 3.8) is 0 Å². The van der Waals surface area contributed by atoms with Crippen LogP contribution < -0.4 is 11.1 Å². The summed E-state index contributed by atoms with van der Waals surface area (Å²) in [6.45, 7) is 7.82. The smallest absolute Gasteiger partial charge is 0.270 e. The number of carbonyl (C=O) groups excluding carboxylic acids is 1. The minimum Gasteiger partial charge on any atom is -0.409 e. The molecule has 0 aromatic carbocycles. The van der Waals surface area contributed by atoms with E-state index in [2.05, 4.69) is 15.6 Å². The minimum atomic E-state index is -0.930. The van der Waals surface area contributed by atoms with Crippen molar-refractivity contribution in [1.82, 2.24) is 15.1 Å². The third kappa shape index (κ3) is 3.24. The summed E-state index contributed by atoms with van der Waals surface area (Å²) >= 11 is 0. The van der Waals surface area contributed by atoms with E-state index in [0.29, 0.717) is 12.2 Å². The maximum absolute atomic E-state index is 12.2. The number of nitrogens with one attached hydrogen (secondary N) is 1. The maximum atomic E-state index is 12.2. The summed E-state index contributed by atoms with van der Waals surface area (Å²) in [6, 6.07) is 1.75. The van der Waals surface area contributed by atoms with E-state index < -0.39 is 5.54 Å². The number of aromatic nitrogens is 2. The van der Waals surface area contributed by atoms with Gasteiger partial charge in [-0.25, -0.2) is 0 Å². The molecule has 0 spiro atoms. The number of oxime groups is 1. The van der Waals surface area contributed by atoms with Gasteiger partial charge in [0.05, 0.1) is 11.2 Å². The van der Waals surface area contributed by atoms with E-state index in [0.717, 1.165) is 12.1 Å². The van der Waals surface area contributed by atoms with Gasteiger partial charge >= 0.3 is 0 Å². The Morgan fingerprint density at radius 2 is 2.21 bits per heavy atom. The lowest BCUT2D eigenvalue weighted by atomic mass is 10.0. The molecule has 0 saturated heterocycles. The molecule has 0 unspecified atom stereocenters. The molecule has 0 bridgehead atoms. The molecule has 19 heavy (non-hydrogen) atoms. The quantitative estimate of drug-likeness (QED) is 0.316. The molecule has 1 rings (SSSR count). The summed E-state index contributed by atoms with van der Waals surface area (Å²) in [7, 11) is 0. The van der Waals surface area contributed by atoms with Crippen molar-refractivity contribution in [1.29, 1.82) is 0 Å². The van der Waals surface area contributed by atoms with Gasteiger partial charge in [0.25, 0.3) is 5.91 Å². The van der Waals surface area contributed by atoms with Gasteiger partial charge < -0.3 is 16.3 Å². The maximum Gasteiger partial charge on any atom is 0.270 e. The monoisotopic (exact) mass is 267 g/mol. The van der Waals surface area contributed by atoms with Gasteiger partial charge in [0.2, 0.25) is 0 Å². The van der Waals surface area contributed by atoms with Gasteiger partial charge in [0.15, 0.2) is 5.84 Å². The van der Waals surface area contributed by atoms with E-state index in [1.807, 2.05) is 13.8 Å². The fraction of sp³-hybridized carbons (Fsp3) is 0.583. The minimum absolute atomic E-state index is 0.0564.